The fourth-order valence-electron chi connectivity index (χ4n) is 3.31. The summed E-state index contributed by atoms with van der Waals surface area (Å²) >= 11 is 1.69. The summed E-state index contributed by atoms with van der Waals surface area (Å²) in [7, 11) is 0. The Labute approximate surface area is 151 Å². The second-order valence-electron chi connectivity index (χ2n) is 6.87. The Morgan fingerprint density at radius 1 is 1.17 bits per heavy atom. The zero-order valence-electron chi connectivity index (χ0n) is 15.1. The van der Waals surface area contributed by atoms with Crippen LogP contribution in [-0.2, 0) is 4.79 Å². The molecule has 0 aliphatic carbocycles. The molecule has 0 unspecified atom stereocenters. The number of hydrogen-bond donors (Lipinski definition) is 1. The van der Waals surface area contributed by atoms with Gasteiger partial charge in [0.2, 0.25) is 5.91 Å². The minimum atomic E-state index is 0.244. The number of aromatic nitrogens is 1. The third kappa shape index (κ3) is 7.20. The molecule has 0 aromatic carbocycles. The summed E-state index contributed by atoms with van der Waals surface area (Å²) in [5, 5.41) is 6.35. The van der Waals surface area contributed by atoms with Gasteiger partial charge in [0.05, 0.1) is 0 Å². The number of unbranched alkanes of at least 4 members (excludes halogenated alkanes) is 7. The first kappa shape index (κ1) is 19.2. The van der Waals surface area contributed by atoms with Crippen LogP contribution >= 0.6 is 11.3 Å². The maximum absolute atomic E-state index is 12.1. The lowest BCUT2D eigenvalue weighted by Gasteiger charge is -2.32. The third-order valence-corrected chi connectivity index (χ3v) is 5.64. The highest BCUT2D eigenvalue weighted by molar-refractivity contribution is 7.13. The largest absolute Gasteiger partial charge is 0.353 e. The number of anilines is 1. The van der Waals surface area contributed by atoms with Crippen molar-refractivity contribution in [2.45, 2.75) is 83.6 Å². The van der Waals surface area contributed by atoms with E-state index in [0.717, 1.165) is 37.5 Å². The van der Waals surface area contributed by atoms with E-state index < -0.39 is 0 Å². The van der Waals surface area contributed by atoms with Crippen LogP contribution in [0, 0.1) is 0 Å². The van der Waals surface area contributed by atoms with E-state index in [0.29, 0.717) is 12.5 Å². The predicted molar refractivity (Wildman–Crippen MR) is 103 cm³/mol. The predicted octanol–water partition coefficient (Wildman–Crippen LogP) is 4.76. The monoisotopic (exact) mass is 351 g/mol. The first-order valence-corrected chi connectivity index (χ1v) is 10.6. The number of piperidine rings is 1. The number of carbonyl (C=O) groups is 1. The van der Waals surface area contributed by atoms with Crippen molar-refractivity contribution in [3.63, 3.8) is 0 Å². The first-order chi connectivity index (χ1) is 11.8. The van der Waals surface area contributed by atoms with E-state index in [2.05, 4.69) is 22.1 Å². The van der Waals surface area contributed by atoms with Crippen LogP contribution in [0.4, 0.5) is 5.13 Å². The van der Waals surface area contributed by atoms with E-state index in [1.807, 2.05) is 11.6 Å². The van der Waals surface area contributed by atoms with Crippen LogP contribution in [0.25, 0.3) is 0 Å². The van der Waals surface area contributed by atoms with Crippen molar-refractivity contribution in [3.8, 4) is 0 Å². The number of thiazole rings is 1. The van der Waals surface area contributed by atoms with Crippen LogP contribution < -0.4 is 10.2 Å². The van der Waals surface area contributed by atoms with Crippen molar-refractivity contribution >= 4 is 22.4 Å². The molecule has 0 atom stereocenters. The molecular formula is C19H33N3OS. The van der Waals surface area contributed by atoms with Gasteiger partial charge in [-0.3, -0.25) is 4.79 Å². The lowest BCUT2D eigenvalue weighted by atomic mass is 10.0. The minimum Gasteiger partial charge on any atom is -0.353 e. The zero-order valence-corrected chi connectivity index (χ0v) is 16.0. The molecule has 0 saturated carbocycles. The van der Waals surface area contributed by atoms with E-state index in [-0.39, 0.29) is 5.91 Å². The van der Waals surface area contributed by atoms with Gasteiger partial charge in [-0.15, -0.1) is 11.3 Å². The molecule has 1 N–H and O–H groups in total. The lowest BCUT2D eigenvalue weighted by molar-refractivity contribution is -0.122. The van der Waals surface area contributed by atoms with Gasteiger partial charge in [0.15, 0.2) is 5.13 Å². The average Bonchev–Trinajstić information content (AvgIpc) is 3.12. The Kier molecular flexibility index (Phi) is 9.18. The summed E-state index contributed by atoms with van der Waals surface area (Å²) in [4.78, 5) is 18.8. The molecule has 1 aliphatic rings. The van der Waals surface area contributed by atoms with Crippen LogP contribution in [0.3, 0.4) is 0 Å². The van der Waals surface area contributed by atoms with E-state index in [9.17, 15) is 4.79 Å². The topological polar surface area (TPSA) is 45.2 Å². The summed E-state index contributed by atoms with van der Waals surface area (Å²) in [6.45, 7) is 4.24. The summed E-state index contributed by atoms with van der Waals surface area (Å²) in [5.74, 6) is 0.244. The van der Waals surface area contributed by atoms with Crippen LogP contribution in [0.2, 0.25) is 0 Å². The first-order valence-electron chi connectivity index (χ1n) is 9.73. The second-order valence-corrected chi connectivity index (χ2v) is 7.74. The van der Waals surface area contributed by atoms with Crippen molar-refractivity contribution in [2.24, 2.45) is 0 Å². The van der Waals surface area contributed by atoms with Crippen LogP contribution in [0.15, 0.2) is 11.6 Å². The van der Waals surface area contributed by atoms with E-state index >= 15 is 0 Å². The van der Waals surface area contributed by atoms with Crippen molar-refractivity contribution in [1.29, 1.82) is 0 Å². The van der Waals surface area contributed by atoms with Gasteiger partial charge < -0.3 is 10.2 Å². The molecule has 1 amide bonds. The molecule has 1 aromatic heterocycles. The molecule has 2 heterocycles. The molecule has 1 fully saturated rings. The highest BCUT2D eigenvalue weighted by Gasteiger charge is 2.21. The van der Waals surface area contributed by atoms with Crippen molar-refractivity contribution < 1.29 is 4.79 Å². The van der Waals surface area contributed by atoms with E-state index in [1.54, 1.807) is 11.3 Å². The molecule has 1 aliphatic heterocycles. The molecule has 1 aromatic rings. The number of amides is 1. The lowest BCUT2D eigenvalue weighted by Crippen LogP contribution is -2.44. The number of nitrogens with zero attached hydrogens (tertiary/aromatic N) is 2. The van der Waals surface area contributed by atoms with Crippen molar-refractivity contribution in [3.05, 3.63) is 11.6 Å². The maximum Gasteiger partial charge on any atom is 0.220 e. The third-order valence-electron chi connectivity index (χ3n) is 4.81. The quantitative estimate of drug-likeness (QED) is 0.585. The molecule has 0 bridgehead atoms. The SMILES string of the molecule is CCCCCCCCCCC(=O)NC1CCN(c2nccs2)CC1. The van der Waals surface area contributed by atoms with Crippen molar-refractivity contribution in [1.82, 2.24) is 10.3 Å². The standard InChI is InChI=1S/C19H33N3OS/c1-2-3-4-5-6-7-8-9-10-18(23)21-17-11-14-22(15-12-17)19-20-13-16-24-19/h13,16-17H,2-12,14-15H2,1H3,(H,21,23). The second kappa shape index (κ2) is 11.5. The number of rotatable bonds is 11. The Morgan fingerprint density at radius 2 is 1.83 bits per heavy atom. The highest BCUT2D eigenvalue weighted by atomic mass is 32.1. The van der Waals surface area contributed by atoms with E-state index in [4.69, 9.17) is 0 Å². The van der Waals surface area contributed by atoms with Crippen molar-refractivity contribution in [2.75, 3.05) is 18.0 Å². The number of nitrogens with one attached hydrogen (secondary N) is 1. The fourth-order valence-corrected chi connectivity index (χ4v) is 4.00. The molecule has 136 valence electrons. The molecule has 0 spiro atoms. The van der Waals surface area contributed by atoms with Gasteiger partial charge in [-0.25, -0.2) is 4.98 Å². The van der Waals surface area contributed by atoms with Gasteiger partial charge in [-0.1, -0.05) is 51.9 Å². The molecule has 1 saturated heterocycles. The minimum absolute atomic E-state index is 0.244. The van der Waals surface area contributed by atoms with Gasteiger partial charge >= 0.3 is 0 Å². The molecule has 5 heteroatoms. The Bertz CT molecular complexity index is 441. The zero-order chi connectivity index (χ0) is 17.0. The summed E-state index contributed by atoms with van der Waals surface area (Å²) in [5.41, 5.74) is 0. The molecular weight excluding hydrogens is 318 g/mol. The summed E-state index contributed by atoms with van der Waals surface area (Å²) < 4.78 is 0. The van der Waals surface area contributed by atoms with E-state index in [1.165, 1.54) is 44.9 Å². The Hall–Kier alpha value is -1.10. The van der Waals surface area contributed by atoms with Gasteiger partial charge in [-0.05, 0) is 19.3 Å². The highest BCUT2D eigenvalue weighted by Crippen LogP contribution is 2.22. The van der Waals surface area contributed by atoms with Gasteiger partial charge in [0, 0.05) is 37.1 Å². The fraction of sp³-hybridized carbons (Fsp3) is 0.789. The maximum atomic E-state index is 12.1. The average molecular weight is 352 g/mol. The van der Waals surface area contributed by atoms with Gasteiger partial charge in [0.25, 0.3) is 0 Å². The molecule has 2 rings (SSSR count). The molecule has 24 heavy (non-hydrogen) atoms. The molecule has 4 nitrogen and oxygen atoms in total. The summed E-state index contributed by atoms with van der Waals surface area (Å²) in [6, 6.07) is 0.350. The number of carbonyl (C=O) groups excluding carboxylic acids is 1. The normalized spacial score (nSPS) is 15.6. The molecule has 0 radical (unpaired) electrons. The van der Waals surface area contributed by atoms with Crippen LogP contribution in [0.5, 0.6) is 0 Å². The number of hydrogen-bond acceptors (Lipinski definition) is 4. The Balaban J connectivity index is 1.48. The summed E-state index contributed by atoms with van der Waals surface area (Å²) in [6.07, 6.45) is 14.9. The van der Waals surface area contributed by atoms with Crippen LogP contribution in [0.1, 0.15) is 77.6 Å². The Morgan fingerprint density at radius 3 is 2.46 bits per heavy atom. The van der Waals surface area contributed by atoms with Gasteiger partial charge in [-0.2, -0.15) is 0 Å². The van der Waals surface area contributed by atoms with Gasteiger partial charge in [0.1, 0.15) is 0 Å². The smallest absolute Gasteiger partial charge is 0.220 e. The van der Waals surface area contributed by atoms with Crippen LogP contribution in [-0.4, -0.2) is 30.0 Å².